The molecule has 0 aliphatic rings. The van der Waals surface area contributed by atoms with E-state index >= 15 is 0 Å². The molecule has 0 radical (unpaired) electrons. The number of nitrogens with one attached hydrogen (secondary N) is 1. The van der Waals surface area contributed by atoms with E-state index in [0.29, 0.717) is 0 Å². The first kappa shape index (κ1) is 13.2. The van der Waals surface area contributed by atoms with E-state index in [9.17, 15) is 14.4 Å². The topological polar surface area (TPSA) is 92.2 Å². The monoisotopic (exact) mass is 240 g/mol. The molecule has 6 nitrogen and oxygen atoms in total. The number of carbonyl (C=O) groups is 1. The number of carboxylic acid groups (broad SMARTS) is 1. The largest absolute Gasteiger partial charge is 0.477 e. The zero-order valence-electron chi connectivity index (χ0n) is 9.90. The lowest BCUT2D eigenvalue weighted by Crippen LogP contribution is -2.34. The number of H-pyrrole nitrogens is 1. The molecule has 0 aliphatic heterocycles. The normalized spacial score (nSPS) is 12.4. The van der Waals surface area contributed by atoms with Crippen molar-refractivity contribution in [2.24, 2.45) is 0 Å². The van der Waals surface area contributed by atoms with Gasteiger partial charge in [-0.2, -0.15) is 0 Å². The summed E-state index contributed by atoms with van der Waals surface area (Å²) in [4.78, 5) is 35.6. The number of carboxylic acids is 1. The van der Waals surface area contributed by atoms with Crippen LogP contribution in [0.4, 0.5) is 0 Å². The molecule has 94 valence electrons. The van der Waals surface area contributed by atoms with Gasteiger partial charge in [0.1, 0.15) is 5.56 Å². The average Bonchev–Trinajstić information content (AvgIpc) is 2.25. The predicted molar refractivity (Wildman–Crippen MR) is 62.5 cm³/mol. The third-order valence-electron chi connectivity index (χ3n) is 2.65. The molecule has 0 saturated carbocycles. The first-order valence-electron chi connectivity index (χ1n) is 5.56. The maximum absolute atomic E-state index is 11.5. The third-order valence-corrected chi connectivity index (χ3v) is 2.65. The van der Waals surface area contributed by atoms with Crippen LogP contribution in [0.1, 0.15) is 49.5 Å². The van der Waals surface area contributed by atoms with Crippen LogP contribution in [-0.2, 0) is 0 Å². The van der Waals surface area contributed by atoms with Gasteiger partial charge >= 0.3 is 11.7 Å². The minimum Gasteiger partial charge on any atom is -0.477 e. The minimum absolute atomic E-state index is 0.127. The summed E-state index contributed by atoms with van der Waals surface area (Å²) in [5.41, 5.74) is -1.84. The lowest BCUT2D eigenvalue weighted by molar-refractivity contribution is 0.0693. The Bertz CT molecular complexity index is 515. The van der Waals surface area contributed by atoms with E-state index in [2.05, 4.69) is 0 Å². The van der Waals surface area contributed by atoms with Crippen molar-refractivity contribution >= 4 is 5.97 Å². The summed E-state index contributed by atoms with van der Waals surface area (Å²) in [6.45, 7) is 3.85. The quantitative estimate of drug-likeness (QED) is 0.802. The van der Waals surface area contributed by atoms with Crippen molar-refractivity contribution in [3.63, 3.8) is 0 Å². The molecule has 1 unspecified atom stereocenters. The second-order valence-corrected chi connectivity index (χ2v) is 4.01. The molecule has 6 heteroatoms. The fourth-order valence-electron chi connectivity index (χ4n) is 1.60. The SMILES string of the molecule is CCCCC(C)n1cc(C(=O)O)c(=O)[nH]c1=O. The molecule has 1 heterocycles. The van der Waals surface area contributed by atoms with Gasteiger partial charge in [-0.3, -0.25) is 14.3 Å². The second-order valence-electron chi connectivity index (χ2n) is 4.01. The van der Waals surface area contributed by atoms with E-state index in [4.69, 9.17) is 5.11 Å². The molecule has 1 aromatic heterocycles. The van der Waals surface area contributed by atoms with Gasteiger partial charge in [0.15, 0.2) is 0 Å². The summed E-state index contributed by atoms with van der Waals surface area (Å²) >= 11 is 0. The maximum Gasteiger partial charge on any atom is 0.342 e. The van der Waals surface area contributed by atoms with Crippen molar-refractivity contribution in [1.82, 2.24) is 9.55 Å². The molecule has 0 bridgehead atoms. The molecule has 1 aromatic rings. The Hall–Kier alpha value is -1.85. The Kier molecular flexibility index (Phi) is 4.25. The highest BCUT2D eigenvalue weighted by Crippen LogP contribution is 2.11. The van der Waals surface area contributed by atoms with Crippen molar-refractivity contribution in [3.8, 4) is 0 Å². The number of aromatic amines is 1. The summed E-state index contributed by atoms with van der Waals surface area (Å²) in [6.07, 6.45) is 3.81. The Morgan fingerprint density at radius 2 is 2.18 bits per heavy atom. The maximum atomic E-state index is 11.5. The summed E-state index contributed by atoms with van der Waals surface area (Å²) in [7, 11) is 0. The predicted octanol–water partition coefficient (Wildman–Crippen LogP) is 0.986. The fourth-order valence-corrected chi connectivity index (χ4v) is 1.60. The summed E-state index contributed by atoms with van der Waals surface area (Å²) in [5.74, 6) is -1.33. The van der Waals surface area contributed by atoms with Crippen molar-refractivity contribution in [2.45, 2.75) is 39.2 Å². The van der Waals surface area contributed by atoms with Crippen LogP contribution in [0.2, 0.25) is 0 Å². The van der Waals surface area contributed by atoms with E-state index in [0.717, 1.165) is 25.5 Å². The Balaban J connectivity index is 3.16. The highest BCUT2D eigenvalue weighted by molar-refractivity contribution is 5.86. The standard InChI is InChI=1S/C11H16N2O4/c1-3-4-5-7(2)13-6-8(10(15)16)9(14)12-11(13)17/h6-7H,3-5H2,1-2H3,(H,15,16)(H,12,14,17). The number of unbranched alkanes of at least 4 members (excludes halogenated alkanes) is 1. The van der Waals surface area contributed by atoms with Gasteiger partial charge in [0.2, 0.25) is 0 Å². The molecular formula is C11H16N2O4. The molecular weight excluding hydrogens is 224 g/mol. The number of nitrogens with zero attached hydrogens (tertiary/aromatic N) is 1. The summed E-state index contributed by atoms with van der Waals surface area (Å²) in [5, 5.41) is 8.80. The number of hydrogen-bond donors (Lipinski definition) is 2. The number of aromatic carboxylic acids is 1. The number of hydrogen-bond acceptors (Lipinski definition) is 3. The zero-order chi connectivity index (χ0) is 13.0. The van der Waals surface area contributed by atoms with E-state index < -0.39 is 22.8 Å². The van der Waals surface area contributed by atoms with Gasteiger partial charge in [-0.15, -0.1) is 0 Å². The molecule has 1 atom stereocenters. The van der Waals surface area contributed by atoms with Gasteiger partial charge in [-0.25, -0.2) is 9.59 Å². The highest BCUT2D eigenvalue weighted by atomic mass is 16.4. The van der Waals surface area contributed by atoms with Crippen LogP contribution in [0, 0.1) is 0 Å². The average molecular weight is 240 g/mol. The van der Waals surface area contributed by atoms with E-state index in [1.54, 1.807) is 0 Å². The molecule has 0 amide bonds. The van der Waals surface area contributed by atoms with Crippen LogP contribution in [-0.4, -0.2) is 20.6 Å². The first-order valence-corrected chi connectivity index (χ1v) is 5.56. The Morgan fingerprint density at radius 1 is 1.53 bits per heavy atom. The minimum atomic E-state index is -1.33. The molecule has 0 aliphatic carbocycles. The van der Waals surface area contributed by atoms with Crippen LogP contribution >= 0.6 is 0 Å². The van der Waals surface area contributed by atoms with Crippen molar-refractivity contribution < 1.29 is 9.90 Å². The molecule has 17 heavy (non-hydrogen) atoms. The van der Waals surface area contributed by atoms with Crippen LogP contribution in [0.5, 0.6) is 0 Å². The molecule has 2 N–H and O–H groups in total. The summed E-state index contributed by atoms with van der Waals surface area (Å²) < 4.78 is 1.26. The lowest BCUT2D eigenvalue weighted by Gasteiger charge is -2.14. The molecule has 0 fully saturated rings. The van der Waals surface area contributed by atoms with E-state index in [1.807, 2.05) is 18.8 Å². The third kappa shape index (κ3) is 3.05. The zero-order valence-corrected chi connectivity index (χ0v) is 9.90. The van der Waals surface area contributed by atoms with Crippen LogP contribution in [0.3, 0.4) is 0 Å². The van der Waals surface area contributed by atoms with E-state index in [-0.39, 0.29) is 6.04 Å². The van der Waals surface area contributed by atoms with Gasteiger partial charge in [-0.1, -0.05) is 19.8 Å². The second kappa shape index (κ2) is 5.47. The highest BCUT2D eigenvalue weighted by Gasteiger charge is 2.14. The molecule has 0 spiro atoms. The summed E-state index contributed by atoms with van der Waals surface area (Å²) in [6, 6.07) is -0.127. The number of aromatic nitrogens is 2. The lowest BCUT2D eigenvalue weighted by atomic mass is 10.1. The molecule has 0 aromatic carbocycles. The van der Waals surface area contributed by atoms with Crippen molar-refractivity contribution in [1.29, 1.82) is 0 Å². The van der Waals surface area contributed by atoms with Gasteiger partial charge < -0.3 is 5.11 Å². The Morgan fingerprint density at radius 3 is 2.71 bits per heavy atom. The van der Waals surface area contributed by atoms with Gasteiger partial charge in [0, 0.05) is 12.2 Å². The van der Waals surface area contributed by atoms with Crippen molar-refractivity contribution in [2.75, 3.05) is 0 Å². The van der Waals surface area contributed by atoms with Crippen molar-refractivity contribution in [3.05, 3.63) is 32.6 Å². The first-order chi connectivity index (χ1) is 7.97. The van der Waals surface area contributed by atoms with E-state index in [1.165, 1.54) is 4.57 Å². The molecule has 0 saturated heterocycles. The van der Waals surface area contributed by atoms with Crippen LogP contribution < -0.4 is 11.2 Å². The van der Waals surface area contributed by atoms with Crippen LogP contribution in [0.25, 0.3) is 0 Å². The smallest absolute Gasteiger partial charge is 0.342 e. The van der Waals surface area contributed by atoms with Gasteiger partial charge in [0.25, 0.3) is 5.56 Å². The fraction of sp³-hybridized carbons (Fsp3) is 0.545. The van der Waals surface area contributed by atoms with Crippen LogP contribution in [0.15, 0.2) is 15.8 Å². The molecule has 1 rings (SSSR count). The Labute approximate surface area is 97.9 Å². The number of rotatable bonds is 5. The van der Waals surface area contributed by atoms with Gasteiger partial charge in [-0.05, 0) is 13.3 Å². The van der Waals surface area contributed by atoms with Gasteiger partial charge in [0.05, 0.1) is 0 Å².